The standard InChI is InChI=1S/C12H14N2S/c1-9-2-4-10(5-3-9)12-14-8-11(15-12)6-7-13/h2-5,8H,6-7,13H2,1H3. The van der Waals surface area contributed by atoms with Gasteiger partial charge >= 0.3 is 0 Å². The molecule has 1 aromatic carbocycles. The average molecular weight is 218 g/mol. The van der Waals surface area contributed by atoms with Gasteiger partial charge in [0, 0.05) is 16.6 Å². The van der Waals surface area contributed by atoms with Crippen LogP contribution in [0.4, 0.5) is 0 Å². The number of thiazole rings is 1. The van der Waals surface area contributed by atoms with Crippen molar-refractivity contribution in [2.45, 2.75) is 13.3 Å². The Kier molecular flexibility index (Phi) is 3.14. The highest BCUT2D eigenvalue weighted by atomic mass is 32.1. The summed E-state index contributed by atoms with van der Waals surface area (Å²) in [5.41, 5.74) is 7.97. The van der Waals surface area contributed by atoms with Gasteiger partial charge in [-0.15, -0.1) is 11.3 Å². The molecule has 0 radical (unpaired) electrons. The van der Waals surface area contributed by atoms with Gasteiger partial charge in [0.2, 0.25) is 0 Å². The summed E-state index contributed by atoms with van der Waals surface area (Å²) in [4.78, 5) is 5.66. The first-order valence-electron chi connectivity index (χ1n) is 5.01. The zero-order chi connectivity index (χ0) is 10.7. The van der Waals surface area contributed by atoms with Crippen LogP contribution < -0.4 is 5.73 Å². The molecule has 2 aromatic rings. The summed E-state index contributed by atoms with van der Waals surface area (Å²) in [5, 5.41) is 1.08. The third-order valence-corrected chi connectivity index (χ3v) is 3.35. The van der Waals surface area contributed by atoms with Crippen LogP contribution in [-0.2, 0) is 6.42 Å². The van der Waals surface area contributed by atoms with Crippen LogP contribution in [0.5, 0.6) is 0 Å². The number of aromatic nitrogens is 1. The third kappa shape index (κ3) is 2.43. The van der Waals surface area contributed by atoms with Gasteiger partial charge in [0.25, 0.3) is 0 Å². The predicted molar refractivity (Wildman–Crippen MR) is 65.0 cm³/mol. The molecular formula is C12H14N2S. The first-order chi connectivity index (χ1) is 7.29. The first kappa shape index (κ1) is 10.3. The van der Waals surface area contributed by atoms with E-state index in [0.717, 1.165) is 11.4 Å². The van der Waals surface area contributed by atoms with E-state index in [1.54, 1.807) is 11.3 Å². The molecule has 0 aliphatic carbocycles. The van der Waals surface area contributed by atoms with Crippen LogP contribution in [-0.4, -0.2) is 11.5 Å². The lowest BCUT2D eigenvalue weighted by Gasteiger charge is -1.96. The fourth-order valence-electron chi connectivity index (χ4n) is 1.39. The van der Waals surface area contributed by atoms with Crippen LogP contribution in [0, 0.1) is 6.92 Å². The van der Waals surface area contributed by atoms with Crippen LogP contribution in [0.2, 0.25) is 0 Å². The molecule has 0 spiro atoms. The monoisotopic (exact) mass is 218 g/mol. The maximum Gasteiger partial charge on any atom is 0.123 e. The number of nitrogens with zero attached hydrogens (tertiary/aromatic N) is 1. The molecule has 0 atom stereocenters. The number of benzene rings is 1. The molecule has 2 rings (SSSR count). The second kappa shape index (κ2) is 4.55. The summed E-state index contributed by atoms with van der Waals surface area (Å²) in [7, 11) is 0. The van der Waals surface area contributed by atoms with Crippen LogP contribution in [0.1, 0.15) is 10.4 Å². The fourth-order valence-corrected chi connectivity index (χ4v) is 2.33. The second-order valence-electron chi connectivity index (χ2n) is 3.54. The maximum absolute atomic E-state index is 5.51. The molecule has 0 unspecified atom stereocenters. The summed E-state index contributed by atoms with van der Waals surface area (Å²) < 4.78 is 0. The Morgan fingerprint density at radius 1 is 1.27 bits per heavy atom. The van der Waals surface area contributed by atoms with Gasteiger partial charge in [-0.3, -0.25) is 0 Å². The SMILES string of the molecule is Cc1ccc(-c2ncc(CCN)s2)cc1. The van der Waals surface area contributed by atoms with Crippen molar-refractivity contribution in [3.8, 4) is 10.6 Å². The quantitative estimate of drug-likeness (QED) is 0.860. The van der Waals surface area contributed by atoms with Crippen molar-refractivity contribution in [1.29, 1.82) is 0 Å². The van der Waals surface area contributed by atoms with Crippen LogP contribution in [0.3, 0.4) is 0 Å². The lowest BCUT2D eigenvalue weighted by molar-refractivity contribution is 0.984. The lowest BCUT2D eigenvalue weighted by Crippen LogP contribution is -2.00. The summed E-state index contributed by atoms with van der Waals surface area (Å²) in [6.45, 7) is 2.78. The number of aryl methyl sites for hydroxylation is 1. The van der Waals surface area contributed by atoms with Crippen molar-refractivity contribution in [2.75, 3.05) is 6.54 Å². The largest absolute Gasteiger partial charge is 0.330 e. The lowest BCUT2D eigenvalue weighted by atomic mass is 10.2. The highest BCUT2D eigenvalue weighted by Gasteiger charge is 2.03. The molecule has 0 fully saturated rings. The summed E-state index contributed by atoms with van der Waals surface area (Å²) >= 11 is 1.73. The summed E-state index contributed by atoms with van der Waals surface area (Å²) in [5.74, 6) is 0. The summed E-state index contributed by atoms with van der Waals surface area (Å²) in [6, 6.07) is 8.44. The number of rotatable bonds is 3. The molecule has 0 saturated heterocycles. The van der Waals surface area contributed by atoms with Gasteiger partial charge in [0.1, 0.15) is 5.01 Å². The molecule has 0 aliphatic heterocycles. The Hall–Kier alpha value is -1.19. The molecule has 3 heteroatoms. The Balaban J connectivity index is 2.25. The van der Waals surface area contributed by atoms with E-state index in [2.05, 4.69) is 36.2 Å². The second-order valence-corrected chi connectivity index (χ2v) is 4.65. The van der Waals surface area contributed by atoms with Crippen LogP contribution in [0.15, 0.2) is 30.5 Å². The highest BCUT2D eigenvalue weighted by molar-refractivity contribution is 7.15. The Bertz CT molecular complexity index is 431. The molecule has 1 aromatic heterocycles. The van der Waals surface area contributed by atoms with Gasteiger partial charge in [-0.25, -0.2) is 4.98 Å². The molecule has 15 heavy (non-hydrogen) atoms. The van der Waals surface area contributed by atoms with E-state index in [4.69, 9.17) is 5.73 Å². The highest BCUT2D eigenvalue weighted by Crippen LogP contribution is 2.25. The van der Waals surface area contributed by atoms with E-state index in [0.29, 0.717) is 6.54 Å². The first-order valence-corrected chi connectivity index (χ1v) is 5.83. The van der Waals surface area contributed by atoms with Crippen molar-refractivity contribution in [2.24, 2.45) is 5.73 Å². The van der Waals surface area contributed by atoms with Gasteiger partial charge < -0.3 is 5.73 Å². The molecule has 2 N–H and O–H groups in total. The minimum absolute atomic E-state index is 0.690. The average Bonchev–Trinajstić information content (AvgIpc) is 2.68. The van der Waals surface area contributed by atoms with Crippen molar-refractivity contribution in [3.63, 3.8) is 0 Å². The van der Waals surface area contributed by atoms with Crippen molar-refractivity contribution >= 4 is 11.3 Å². The molecule has 0 amide bonds. The van der Waals surface area contributed by atoms with E-state index >= 15 is 0 Å². The van der Waals surface area contributed by atoms with Crippen LogP contribution in [0.25, 0.3) is 10.6 Å². The number of nitrogens with two attached hydrogens (primary N) is 1. The minimum Gasteiger partial charge on any atom is -0.330 e. The normalized spacial score (nSPS) is 10.5. The van der Waals surface area contributed by atoms with Gasteiger partial charge in [-0.2, -0.15) is 0 Å². The van der Waals surface area contributed by atoms with Gasteiger partial charge in [-0.05, 0) is 19.9 Å². The van der Waals surface area contributed by atoms with Crippen molar-refractivity contribution in [3.05, 3.63) is 40.9 Å². The number of hydrogen-bond acceptors (Lipinski definition) is 3. The van der Waals surface area contributed by atoms with E-state index in [-0.39, 0.29) is 0 Å². The number of hydrogen-bond donors (Lipinski definition) is 1. The zero-order valence-corrected chi connectivity index (χ0v) is 9.55. The molecule has 2 nitrogen and oxygen atoms in total. The topological polar surface area (TPSA) is 38.9 Å². The Morgan fingerprint density at radius 2 is 2.00 bits per heavy atom. The predicted octanol–water partition coefficient (Wildman–Crippen LogP) is 2.62. The van der Waals surface area contributed by atoms with Gasteiger partial charge in [0.15, 0.2) is 0 Å². The smallest absolute Gasteiger partial charge is 0.123 e. The van der Waals surface area contributed by atoms with E-state index in [1.165, 1.54) is 16.0 Å². The van der Waals surface area contributed by atoms with E-state index in [1.807, 2.05) is 6.20 Å². The van der Waals surface area contributed by atoms with E-state index in [9.17, 15) is 0 Å². The summed E-state index contributed by atoms with van der Waals surface area (Å²) in [6.07, 6.45) is 2.84. The van der Waals surface area contributed by atoms with E-state index < -0.39 is 0 Å². The zero-order valence-electron chi connectivity index (χ0n) is 8.73. The molecule has 0 aliphatic rings. The maximum atomic E-state index is 5.51. The molecule has 1 heterocycles. The van der Waals surface area contributed by atoms with Crippen molar-refractivity contribution < 1.29 is 0 Å². The molecule has 0 saturated carbocycles. The van der Waals surface area contributed by atoms with Crippen molar-refractivity contribution in [1.82, 2.24) is 4.98 Å². The van der Waals surface area contributed by atoms with Gasteiger partial charge in [-0.1, -0.05) is 29.8 Å². The minimum atomic E-state index is 0.690. The van der Waals surface area contributed by atoms with Gasteiger partial charge in [0.05, 0.1) is 0 Å². The molecule has 78 valence electrons. The molecular weight excluding hydrogens is 204 g/mol. The third-order valence-electron chi connectivity index (χ3n) is 2.24. The Labute approximate surface area is 93.8 Å². The Morgan fingerprint density at radius 3 is 2.67 bits per heavy atom. The fraction of sp³-hybridized carbons (Fsp3) is 0.250. The molecule has 0 bridgehead atoms. The van der Waals surface area contributed by atoms with Crippen LogP contribution >= 0.6 is 11.3 Å².